The minimum Gasteiger partial charge on any atom is -0.475 e. The zero-order valence-corrected chi connectivity index (χ0v) is 25.7. The number of nitrogen functional groups attached to an aromatic ring is 2. The zero-order valence-electron chi connectivity index (χ0n) is 24.8. The Kier molecular flexibility index (Phi) is 6.79. The lowest BCUT2D eigenvalue weighted by Gasteiger charge is -2.32. The number of pyridine rings is 2. The fourth-order valence-corrected chi connectivity index (χ4v) is 7.93. The first-order valence-corrected chi connectivity index (χ1v) is 15.9. The van der Waals surface area contributed by atoms with Crippen LogP contribution in [0.1, 0.15) is 37.8 Å². The fraction of sp³-hybridized carbons (Fsp3) is 0.387. The fourth-order valence-electron chi connectivity index (χ4n) is 7.16. The van der Waals surface area contributed by atoms with E-state index >= 15 is 4.39 Å². The number of benzene rings is 1. The lowest BCUT2D eigenvalue weighted by atomic mass is 9.95. The lowest BCUT2D eigenvalue weighted by Crippen LogP contribution is -2.43. The van der Waals surface area contributed by atoms with Gasteiger partial charge in [0.05, 0.1) is 28.3 Å². The van der Waals surface area contributed by atoms with Crippen LogP contribution in [-0.2, 0) is 0 Å². The average molecular weight is 650 g/mol. The van der Waals surface area contributed by atoms with Crippen molar-refractivity contribution in [2.24, 2.45) is 0 Å². The number of anilines is 3. The summed E-state index contributed by atoms with van der Waals surface area (Å²) in [4.78, 5) is 26.5. The van der Waals surface area contributed by atoms with E-state index in [-0.39, 0.29) is 68.7 Å². The highest BCUT2D eigenvalue weighted by Gasteiger charge is 2.49. The second-order valence-corrected chi connectivity index (χ2v) is 13.0. The third-order valence-electron chi connectivity index (χ3n) is 9.34. The summed E-state index contributed by atoms with van der Waals surface area (Å²) in [6, 6.07) is 5.90. The second kappa shape index (κ2) is 10.8. The van der Waals surface area contributed by atoms with E-state index in [1.54, 1.807) is 12.3 Å². The highest BCUT2D eigenvalue weighted by molar-refractivity contribution is 7.22. The number of nitrogens with two attached hydrogens (primary N) is 2. The number of fused-ring (bicyclic) bond motifs is 2. The number of nitrogens with zero attached hydrogens (tertiary/aromatic N) is 7. The van der Waals surface area contributed by atoms with Crippen LogP contribution in [0.3, 0.4) is 0 Å². The molecule has 5 aromatic rings. The van der Waals surface area contributed by atoms with Gasteiger partial charge in [-0.3, -0.25) is 4.90 Å². The van der Waals surface area contributed by atoms with Gasteiger partial charge in [0.1, 0.15) is 53.4 Å². The van der Waals surface area contributed by atoms with E-state index in [0.717, 1.165) is 36.3 Å². The van der Waals surface area contributed by atoms with Crippen molar-refractivity contribution in [3.05, 3.63) is 47.7 Å². The maximum absolute atomic E-state index is 16.8. The monoisotopic (exact) mass is 649 g/mol. The first kappa shape index (κ1) is 28.9. The second-order valence-electron chi connectivity index (χ2n) is 12.0. The van der Waals surface area contributed by atoms with Crippen LogP contribution in [0.4, 0.5) is 29.9 Å². The molecule has 0 saturated carbocycles. The van der Waals surface area contributed by atoms with Crippen LogP contribution in [0, 0.1) is 11.6 Å². The Morgan fingerprint density at radius 1 is 1.13 bits per heavy atom. The van der Waals surface area contributed by atoms with Crippen molar-refractivity contribution < 1.29 is 22.6 Å². The van der Waals surface area contributed by atoms with Crippen molar-refractivity contribution in [1.82, 2.24) is 29.8 Å². The Morgan fingerprint density at radius 3 is 2.85 bits per heavy atom. The first-order valence-electron chi connectivity index (χ1n) is 15.1. The van der Waals surface area contributed by atoms with Gasteiger partial charge >= 0.3 is 6.01 Å². The average Bonchev–Trinajstić information content (AvgIpc) is 3.67. The summed E-state index contributed by atoms with van der Waals surface area (Å²) in [6.45, 7) is 3.79. The summed E-state index contributed by atoms with van der Waals surface area (Å²) in [7, 11) is 0. The van der Waals surface area contributed by atoms with E-state index in [1.807, 2.05) is 17.9 Å². The largest absolute Gasteiger partial charge is 0.475 e. The quantitative estimate of drug-likeness (QED) is 0.255. The minimum atomic E-state index is -0.939. The predicted octanol–water partition coefficient (Wildman–Crippen LogP) is 5.05. The number of aromatic nitrogens is 5. The molecule has 2 fully saturated rings. The molecule has 0 aliphatic carbocycles. The Balaban J connectivity index is 1.31. The van der Waals surface area contributed by atoms with Crippen molar-refractivity contribution in [1.29, 1.82) is 0 Å². The van der Waals surface area contributed by atoms with Crippen molar-refractivity contribution in [3.8, 4) is 23.1 Å². The van der Waals surface area contributed by atoms with Gasteiger partial charge in [0, 0.05) is 30.3 Å². The normalized spacial score (nSPS) is 21.8. The Hall–Kier alpha value is -4.50. The topological polar surface area (TPSA) is 141 Å². The molecule has 0 amide bonds. The van der Waals surface area contributed by atoms with Crippen LogP contribution < -0.4 is 25.8 Å². The number of alkyl halides is 1. The van der Waals surface area contributed by atoms with Gasteiger partial charge in [-0.1, -0.05) is 17.4 Å². The number of thiazole rings is 1. The van der Waals surface area contributed by atoms with E-state index in [2.05, 4.69) is 24.8 Å². The minimum absolute atomic E-state index is 0.0616. The summed E-state index contributed by atoms with van der Waals surface area (Å²) >= 11 is 0.967. The maximum atomic E-state index is 16.8. The molecule has 3 atom stereocenters. The number of halogens is 3. The molecular formula is C31H30F3N9O2S. The van der Waals surface area contributed by atoms with E-state index in [1.165, 1.54) is 12.1 Å². The molecule has 46 heavy (non-hydrogen) atoms. The first-order chi connectivity index (χ1) is 22.2. The molecule has 4 aromatic heterocycles. The van der Waals surface area contributed by atoms with Crippen LogP contribution in [0.15, 0.2) is 30.5 Å². The molecular weight excluding hydrogens is 619 g/mol. The summed E-state index contributed by atoms with van der Waals surface area (Å²) in [5.41, 5.74) is 12.7. The molecule has 15 heteroatoms. The van der Waals surface area contributed by atoms with Gasteiger partial charge < -0.3 is 25.8 Å². The Labute approximate surface area is 265 Å². The smallest absolute Gasteiger partial charge is 0.319 e. The van der Waals surface area contributed by atoms with Gasteiger partial charge in [-0.05, 0) is 44.5 Å². The van der Waals surface area contributed by atoms with Gasteiger partial charge in [-0.2, -0.15) is 9.97 Å². The van der Waals surface area contributed by atoms with Crippen molar-refractivity contribution in [3.63, 3.8) is 0 Å². The van der Waals surface area contributed by atoms with Crippen LogP contribution in [0.2, 0.25) is 0 Å². The number of rotatable bonds is 6. The number of ether oxygens (including phenoxy) is 2. The molecule has 3 aliphatic rings. The molecule has 3 aliphatic heterocycles. The van der Waals surface area contributed by atoms with Gasteiger partial charge in [0.15, 0.2) is 10.9 Å². The highest BCUT2D eigenvalue weighted by Crippen LogP contribution is 2.45. The van der Waals surface area contributed by atoms with Gasteiger partial charge in [0.25, 0.3) is 0 Å². The van der Waals surface area contributed by atoms with Crippen LogP contribution in [0.25, 0.3) is 32.4 Å². The standard InChI is InChI=1S/C31H30F3N9O2S/c1-15(17-4-2-8-37-26(17)35)43-10-11-44-28-20-24(21(34)22(38-28)18-5-6-19(33)25-23(18)39-29(36)46-25)40-30(41-27(20)43)45-14-31-7-3-9-42(31)13-16(32)12-31/h2,4-6,8,15-16H,3,7,9-14H2,1H3,(H2,35,37)(H2,36,39)/t15-,16-,31+/m1/s1. The summed E-state index contributed by atoms with van der Waals surface area (Å²) in [5, 5.41) is 0.390. The van der Waals surface area contributed by atoms with Crippen molar-refractivity contribution in [2.75, 3.05) is 49.2 Å². The summed E-state index contributed by atoms with van der Waals surface area (Å²) < 4.78 is 58.6. The molecule has 0 radical (unpaired) electrons. The highest BCUT2D eigenvalue weighted by atomic mass is 32.1. The van der Waals surface area contributed by atoms with Crippen molar-refractivity contribution >= 4 is 49.2 Å². The molecule has 0 spiro atoms. The Bertz CT molecular complexity index is 2010. The molecule has 0 bridgehead atoms. The summed E-state index contributed by atoms with van der Waals surface area (Å²) in [6.07, 6.45) is 2.76. The maximum Gasteiger partial charge on any atom is 0.319 e. The molecule has 7 heterocycles. The summed E-state index contributed by atoms with van der Waals surface area (Å²) in [5.74, 6) is -0.493. The van der Waals surface area contributed by atoms with E-state index < -0.39 is 23.3 Å². The third-order valence-corrected chi connectivity index (χ3v) is 10.2. The van der Waals surface area contributed by atoms with E-state index in [4.69, 9.17) is 25.9 Å². The van der Waals surface area contributed by atoms with Crippen LogP contribution in [0.5, 0.6) is 11.9 Å². The van der Waals surface area contributed by atoms with E-state index in [9.17, 15) is 8.78 Å². The third kappa shape index (κ3) is 4.54. The molecule has 238 valence electrons. The SMILES string of the molecule is C[C@H](c1cccnc1N)N1CCOc2nc(-c3ccc(F)c4sc(N)nc34)c(F)c3nc(OC[C@@]45CCCN4C[C@H](F)C5)nc1c23. The molecule has 2 saturated heterocycles. The lowest BCUT2D eigenvalue weighted by molar-refractivity contribution is 0.107. The molecule has 4 N–H and O–H groups in total. The zero-order chi connectivity index (χ0) is 31.7. The van der Waals surface area contributed by atoms with Gasteiger partial charge in [-0.15, -0.1) is 0 Å². The van der Waals surface area contributed by atoms with Gasteiger partial charge in [0.2, 0.25) is 5.88 Å². The van der Waals surface area contributed by atoms with E-state index in [0.29, 0.717) is 31.1 Å². The van der Waals surface area contributed by atoms with Gasteiger partial charge in [-0.25, -0.2) is 28.1 Å². The van der Waals surface area contributed by atoms with Crippen LogP contribution in [-0.4, -0.2) is 74.4 Å². The predicted molar refractivity (Wildman–Crippen MR) is 169 cm³/mol. The van der Waals surface area contributed by atoms with Crippen molar-refractivity contribution in [2.45, 2.75) is 43.9 Å². The molecule has 1 aromatic carbocycles. The number of hydrogen-bond donors (Lipinski definition) is 2. The molecule has 0 unspecified atom stereocenters. The molecule has 11 nitrogen and oxygen atoms in total. The Morgan fingerprint density at radius 2 is 2.00 bits per heavy atom. The number of hydrogen-bond acceptors (Lipinski definition) is 12. The van der Waals surface area contributed by atoms with Crippen LogP contribution >= 0.6 is 11.3 Å². The molecule has 8 rings (SSSR count).